The molecule has 3 aliphatic rings. The van der Waals surface area contributed by atoms with Crippen molar-refractivity contribution in [3.05, 3.63) is 11.6 Å². The molecule has 2 fully saturated rings. The third-order valence-electron chi connectivity index (χ3n) is 11.0. The Morgan fingerprint density at radius 2 is 1.57 bits per heavy atom. The van der Waals surface area contributed by atoms with E-state index in [9.17, 15) is 30.0 Å². The summed E-state index contributed by atoms with van der Waals surface area (Å²) in [5.41, 5.74) is -3.64. The number of likely N-dealkylation sites (N-methyl/N-ethyl adjacent to an activating group) is 1. The van der Waals surface area contributed by atoms with Crippen molar-refractivity contribution in [3.8, 4) is 0 Å². The third-order valence-corrected chi connectivity index (χ3v) is 11.0. The molecule has 15 atom stereocenters. The molecule has 3 aliphatic heterocycles. The first-order valence-electron chi connectivity index (χ1n) is 18.0. The number of ether oxygens (including phenoxy) is 5. The average Bonchev–Trinajstić information content (AvgIpc) is 2.98. The normalized spacial score (nSPS) is 47.2. The molecule has 284 valence electrons. The number of ketones is 1. The van der Waals surface area contributed by atoms with E-state index in [2.05, 4.69) is 0 Å². The van der Waals surface area contributed by atoms with Crippen LogP contribution >= 0.6 is 0 Å². The Kier molecular flexibility index (Phi) is 13.7. The molecule has 12 nitrogen and oxygen atoms in total. The zero-order valence-electron chi connectivity index (χ0n) is 32.0. The molecule has 0 amide bonds. The molecule has 0 aromatic heterocycles. The summed E-state index contributed by atoms with van der Waals surface area (Å²) in [6, 6.07) is -0.286. The number of carbonyl (C=O) groups excluding carboxylic acids is 2. The summed E-state index contributed by atoms with van der Waals surface area (Å²) >= 11 is 0. The molecule has 0 unspecified atom stereocenters. The van der Waals surface area contributed by atoms with Gasteiger partial charge in [0.05, 0.1) is 42.0 Å². The Morgan fingerprint density at radius 1 is 0.959 bits per heavy atom. The molecule has 3 heterocycles. The minimum atomic E-state index is -1.70. The summed E-state index contributed by atoms with van der Waals surface area (Å²) in [5, 5.41) is 46.0. The highest BCUT2D eigenvalue weighted by atomic mass is 16.7. The molecule has 3 rings (SSSR count). The maximum atomic E-state index is 14.0. The van der Waals surface area contributed by atoms with Gasteiger partial charge >= 0.3 is 5.97 Å². The van der Waals surface area contributed by atoms with Gasteiger partial charge in [-0.2, -0.15) is 0 Å². The molecule has 0 bridgehead atoms. The standard InChI is InChI=1S/C37H65NO11/c1-14-26-36(10,43)16-19(2)28(39)20(3)17-37(11,44)32(49-34-29(40)25(38(12)13)15-21(4)45-34)22(5)30(23(6)33(42)47-26)48-27-18-35(8,9)31(41)24(7)46-27/h16,20-27,29-32,34,40-41,43-44H,14-15,17-18H2,1-13H3/b19-16+/t20-,21-,22+,23-,24+,25+,26-,27+,29-,30+,31+,32-,34+,36+,37-/m1/s1. The Morgan fingerprint density at radius 3 is 2.12 bits per heavy atom. The van der Waals surface area contributed by atoms with E-state index < -0.39 is 89.5 Å². The van der Waals surface area contributed by atoms with Gasteiger partial charge in [-0.25, -0.2) is 0 Å². The fourth-order valence-electron chi connectivity index (χ4n) is 8.13. The third kappa shape index (κ3) is 9.70. The van der Waals surface area contributed by atoms with Crippen molar-refractivity contribution >= 4 is 11.8 Å². The summed E-state index contributed by atoms with van der Waals surface area (Å²) in [5.74, 6) is -3.35. The Balaban J connectivity index is 2.17. The van der Waals surface area contributed by atoms with Crippen LogP contribution in [0.1, 0.15) is 102 Å². The SMILES string of the molecule is CC[C@H]1OC(=O)[C@H](C)[C@@H](O[C@H]2CC(C)(C)[C@@H](O)[C@H](C)O2)[C@H](C)[C@@H](O[C@@H]2O[C@H](C)C[C@H](N(C)C)[C@H]2O)[C@](C)(O)C[C@@H](C)C(=O)/C(C)=C/[C@]1(C)O. The summed E-state index contributed by atoms with van der Waals surface area (Å²) < 4.78 is 31.5. The largest absolute Gasteiger partial charge is 0.459 e. The molecule has 0 aliphatic carbocycles. The second-order valence-corrected chi connectivity index (χ2v) is 16.5. The van der Waals surface area contributed by atoms with Crippen LogP contribution in [0.4, 0.5) is 0 Å². The van der Waals surface area contributed by atoms with Crippen LogP contribution in [0.3, 0.4) is 0 Å². The highest BCUT2D eigenvalue weighted by Crippen LogP contribution is 2.41. The predicted molar refractivity (Wildman–Crippen MR) is 183 cm³/mol. The lowest BCUT2D eigenvalue weighted by Crippen LogP contribution is -2.60. The van der Waals surface area contributed by atoms with E-state index >= 15 is 0 Å². The highest BCUT2D eigenvalue weighted by molar-refractivity contribution is 5.96. The van der Waals surface area contributed by atoms with Crippen molar-refractivity contribution in [2.75, 3.05) is 14.1 Å². The van der Waals surface area contributed by atoms with Crippen molar-refractivity contribution in [2.45, 2.75) is 174 Å². The topological polar surface area (TPSA) is 164 Å². The van der Waals surface area contributed by atoms with Gasteiger partial charge in [0, 0.05) is 24.3 Å². The summed E-state index contributed by atoms with van der Waals surface area (Å²) in [4.78, 5) is 29.6. The van der Waals surface area contributed by atoms with Gasteiger partial charge in [-0.1, -0.05) is 34.6 Å². The quantitative estimate of drug-likeness (QED) is 0.300. The van der Waals surface area contributed by atoms with E-state index in [0.29, 0.717) is 12.8 Å². The molecular formula is C37H65NO11. The Bertz CT molecular complexity index is 1170. The number of hydrogen-bond acceptors (Lipinski definition) is 12. The molecule has 0 aromatic rings. The van der Waals surface area contributed by atoms with Crippen LogP contribution in [-0.2, 0) is 33.3 Å². The minimum Gasteiger partial charge on any atom is -0.459 e. The van der Waals surface area contributed by atoms with Crippen LogP contribution in [0.5, 0.6) is 0 Å². The van der Waals surface area contributed by atoms with Crippen molar-refractivity contribution < 1.29 is 53.7 Å². The van der Waals surface area contributed by atoms with Gasteiger partial charge in [-0.15, -0.1) is 0 Å². The van der Waals surface area contributed by atoms with Gasteiger partial charge in [-0.05, 0) is 92.0 Å². The molecule has 2 saturated heterocycles. The van der Waals surface area contributed by atoms with Gasteiger partial charge in [0.15, 0.2) is 18.4 Å². The van der Waals surface area contributed by atoms with Crippen molar-refractivity contribution in [2.24, 2.45) is 23.2 Å². The number of aliphatic hydroxyl groups excluding tert-OH is 2. The number of nitrogens with zero attached hydrogens (tertiary/aromatic N) is 1. The van der Waals surface area contributed by atoms with Gasteiger partial charge in [-0.3, -0.25) is 9.59 Å². The fourth-order valence-corrected chi connectivity index (χ4v) is 8.13. The molecule has 12 heteroatoms. The zero-order valence-corrected chi connectivity index (χ0v) is 32.0. The number of allylic oxidation sites excluding steroid dienone is 1. The number of rotatable bonds is 6. The lowest BCUT2D eigenvalue weighted by molar-refractivity contribution is -0.312. The minimum absolute atomic E-state index is 0.0391. The molecule has 0 radical (unpaired) electrons. The second kappa shape index (κ2) is 16.0. The summed E-state index contributed by atoms with van der Waals surface area (Å²) in [7, 11) is 3.74. The molecule has 0 saturated carbocycles. The number of Topliss-reactive ketones (excluding diaryl/α,β-unsaturated/α-hetero) is 1. The summed E-state index contributed by atoms with van der Waals surface area (Å²) in [6.07, 6.45) is -5.12. The molecule has 0 aromatic carbocycles. The van der Waals surface area contributed by atoms with Crippen LogP contribution in [0.25, 0.3) is 0 Å². The lowest BCUT2D eigenvalue weighted by Gasteiger charge is -2.48. The number of cyclic esters (lactones) is 1. The van der Waals surface area contributed by atoms with E-state index in [4.69, 9.17) is 23.7 Å². The van der Waals surface area contributed by atoms with Gasteiger partial charge in [0.1, 0.15) is 17.8 Å². The first-order chi connectivity index (χ1) is 22.4. The van der Waals surface area contributed by atoms with Crippen LogP contribution in [0.15, 0.2) is 11.6 Å². The molecule has 4 N–H and O–H groups in total. The fraction of sp³-hybridized carbons (Fsp3) is 0.892. The van der Waals surface area contributed by atoms with Crippen LogP contribution in [0.2, 0.25) is 0 Å². The van der Waals surface area contributed by atoms with E-state index in [1.165, 1.54) is 13.0 Å². The van der Waals surface area contributed by atoms with E-state index in [-0.39, 0.29) is 36.3 Å². The second-order valence-electron chi connectivity index (χ2n) is 16.5. The van der Waals surface area contributed by atoms with Gasteiger partial charge < -0.3 is 49.0 Å². The van der Waals surface area contributed by atoms with E-state index in [1.807, 2.05) is 39.8 Å². The van der Waals surface area contributed by atoms with Gasteiger partial charge in [0.2, 0.25) is 0 Å². The summed E-state index contributed by atoms with van der Waals surface area (Å²) in [6.45, 7) is 19.1. The van der Waals surface area contributed by atoms with Crippen molar-refractivity contribution in [3.63, 3.8) is 0 Å². The Labute approximate surface area is 293 Å². The Hall–Kier alpha value is -1.48. The molecule has 49 heavy (non-hydrogen) atoms. The smallest absolute Gasteiger partial charge is 0.311 e. The maximum absolute atomic E-state index is 14.0. The monoisotopic (exact) mass is 699 g/mol. The molecular weight excluding hydrogens is 634 g/mol. The average molecular weight is 700 g/mol. The first kappa shape index (κ1) is 41.9. The maximum Gasteiger partial charge on any atom is 0.311 e. The van der Waals surface area contributed by atoms with Crippen LogP contribution in [0, 0.1) is 23.2 Å². The van der Waals surface area contributed by atoms with Crippen molar-refractivity contribution in [1.29, 1.82) is 0 Å². The highest BCUT2D eigenvalue weighted by Gasteiger charge is 2.51. The van der Waals surface area contributed by atoms with Crippen LogP contribution in [-0.4, -0.2) is 124 Å². The van der Waals surface area contributed by atoms with Crippen molar-refractivity contribution in [1.82, 2.24) is 4.90 Å². The lowest BCUT2D eigenvalue weighted by atomic mass is 9.76. The molecule has 0 spiro atoms. The van der Waals surface area contributed by atoms with Crippen LogP contribution < -0.4 is 0 Å². The van der Waals surface area contributed by atoms with E-state index in [0.717, 1.165) is 0 Å². The number of hydrogen-bond donors (Lipinski definition) is 4. The first-order valence-corrected chi connectivity index (χ1v) is 18.0. The number of aliphatic hydroxyl groups is 4. The predicted octanol–water partition coefficient (Wildman–Crippen LogP) is 3.36. The van der Waals surface area contributed by atoms with E-state index in [1.54, 1.807) is 48.5 Å². The number of esters is 1. The van der Waals surface area contributed by atoms with Gasteiger partial charge in [0.25, 0.3) is 0 Å². The zero-order chi connectivity index (χ0) is 37.4. The number of carbonyl (C=O) groups is 2.